The molecule has 0 bridgehead atoms. The van der Waals surface area contributed by atoms with Gasteiger partial charge in [0.2, 0.25) is 0 Å². The highest BCUT2D eigenvalue weighted by Crippen LogP contribution is 2.28. The normalized spacial score (nSPS) is 10.9. The van der Waals surface area contributed by atoms with E-state index in [0.717, 1.165) is 17.3 Å². The van der Waals surface area contributed by atoms with Gasteiger partial charge in [-0.05, 0) is 49.2 Å². The minimum absolute atomic E-state index is 0.534. The van der Waals surface area contributed by atoms with Crippen LogP contribution >= 0.6 is 11.6 Å². The number of rotatable bonds is 2. The van der Waals surface area contributed by atoms with E-state index < -0.39 is 0 Å². The molecule has 0 aliphatic heterocycles. The van der Waals surface area contributed by atoms with Gasteiger partial charge in [0, 0.05) is 5.56 Å². The number of aryl methyl sites for hydroxylation is 2. The van der Waals surface area contributed by atoms with E-state index in [1.807, 2.05) is 10.6 Å². The van der Waals surface area contributed by atoms with E-state index in [9.17, 15) is 4.79 Å². The Morgan fingerprint density at radius 1 is 1.20 bits per heavy atom. The summed E-state index contributed by atoms with van der Waals surface area (Å²) in [5, 5.41) is 0.534. The standard InChI is InChI=1S/C16H13ClN2O/c1-10-6-14-15(7-11(10)2)19(9-18-14)16-12(8-20)4-3-5-13(16)17/h3-9H,1-2H3. The van der Waals surface area contributed by atoms with E-state index in [4.69, 9.17) is 11.6 Å². The van der Waals surface area contributed by atoms with Gasteiger partial charge in [-0.2, -0.15) is 0 Å². The van der Waals surface area contributed by atoms with Crippen molar-refractivity contribution in [1.82, 2.24) is 9.55 Å². The zero-order valence-electron chi connectivity index (χ0n) is 11.2. The number of hydrogen-bond donors (Lipinski definition) is 0. The molecule has 3 nitrogen and oxygen atoms in total. The van der Waals surface area contributed by atoms with Crippen LogP contribution in [0.4, 0.5) is 0 Å². The summed E-state index contributed by atoms with van der Waals surface area (Å²) in [5.74, 6) is 0. The summed E-state index contributed by atoms with van der Waals surface area (Å²) in [6, 6.07) is 9.40. The molecular formula is C16H13ClN2O. The molecule has 3 aromatic rings. The van der Waals surface area contributed by atoms with Crippen molar-refractivity contribution in [2.24, 2.45) is 0 Å². The van der Waals surface area contributed by atoms with Crippen LogP contribution in [-0.4, -0.2) is 15.8 Å². The number of hydrogen-bond acceptors (Lipinski definition) is 2. The Hall–Kier alpha value is -2.13. The summed E-state index contributed by atoms with van der Waals surface area (Å²) in [5.41, 5.74) is 5.44. The molecule has 0 spiro atoms. The highest BCUT2D eigenvalue weighted by atomic mass is 35.5. The molecule has 2 aromatic carbocycles. The smallest absolute Gasteiger partial charge is 0.152 e. The summed E-state index contributed by atoms with van der Waals surface area (Å²) in [6.07, 6.45) is 2.52. The molecule has 0 aliphatic carbocycles. The highest BCUT2D eigenvalue weighted by Gasteiger charge is 2.12. The Kier molecular flexibility index (Phi) is 3.07. The predicted molar refractivity (Wildman–Crippen MR) is 80.9 cm³/mol. The fraction of sp³-hybridized carbons (Fsp3) is 0.125. The average Bonchev–Trinajstić information content (AvgIpc) is 2.81. The largest absolute Gasteiger partial charge is 0.298 e. The predicted octanol–water partition coefficient (Wildman–Crippen LogP) is 4.11. The first-order chi connectivity index (χ1) is 9.61. The number of carbonyl (C=O) groups is 1. The lowest BCUT2D eigenvalue weighted by Crippen LogP contribution is -1.99. The Balaban J connectivity index is 2.36. The van der Waals surface area contributed by atoms with E-state index in [2.05, 4.69) is 24.9 Å². The third kappa shape index (κ3) is 1.91. The number of aromatic nitrogens is 2. The Labute approximate surface area is 121 Å². The van der Waals surface area contributed by atoms with Crippen molar-refractivity contribution in [1.29, 1.82) is 0 Å². The zero-order chi connectivity index (χ0) is 14.3. The minimum Gasteiger partial charge on any atom is -0.298 e. The van der Waals surface area contributed by atoms with Gasteiger partial charge in [-0.3, -0.25) is 9.36 Å². The number of carbonyl (C=O) groups excluding carboxylic acids is 1. The molecule has 0 amide bonds. The zero-order valence-corrected chi connectivity index (χ0v) is 12.0. The van der Waals surface area contributed by atoms with Gasteiger partial charge >= 0.3 is 0 Å². The van der Waals surface area contributed by atoms with Crippen LogP contribution in [0.2, 0.25) is 5.02 Å². The van der Waals surface area contributed by atoms with Gasteiger partial charge < -0.3 is 0 Å². The molecule has 0 aliphatic rings. The average molecular weight is 285 g/mol. The summed E-state index contributed by atoms with van der Waals surface area (Å²) < 4.78 is 1.87. The number of nitrogens with zero attached hydrogens (tertiary/aromatic N) is 2. The van der Waals surface area contributed by atoms with Gasteiger partial charge in [-0.15, -0.1) is 0 Å². The monoisotopic (exact) mass is 284 g/mol. The van der Waals surface area contributed by atoms with E-state index in [1.165, 1.54) is 11.1 Å². The summed E-state index contributed by atoms with van der Waals surface area (Å²) in [6.45, 7) is 4.11. The molecule has 4 heteroatoms. The van der Waals surface area contributed by atoms with E-state index in [1.54, 1.807) is 24.5 Å². The van der Waals surface area contributed by atoms with Crippen LogP contribution < -0.4 is 0 Å². The second-order valence-electron chi connectivity index (χ2n) is 4.84. The molecule has 0 saturated carbocycles. The Morgan fingerprint density at radius 2 is 1.95 bits per heavy atom. The molecule has 0 atom stereocenters. The third-order valence-corrected chi connectivity index (χ3v) is 3.85. The van der Waals surface area contributed by atoms with Crippen LogP contribution in [0.3, 0.4) is 0 Å². The first-order valence-electron chi connectivity index (χ1n) is 6.30. The van der Waals surface area contributed by atoms with Crippen molar-refractivity contribution in [3.63, 3.8) is 0 Å². The lowest BCUT2D eigenvalue weighted by Gasteiger charge is -2.10. The van der Waals surface area contributed by atoms with E-state index >= 15 is 0 Å². The topological polar surface area (TPSA) is 34.9 Å². The second kappa shape index (κ2) is 4.76. The van der Waals surface area contributed by atoms with Crippen molar-refractivity contribution in [3.05, 3.63) is 58.4 Å². The number of imidazole rings is 1. The highest BCUT2D eigenvalue weighted by molar-refractivity contribution is 6.33. The van der Waals surface area contributed by atoms with Gasteiger partial charge in [0.05, 0.1) is 21.7 Å². The van der Waals surface area contributed by atoms with Crippen molar-refractivity contribution < 1.29 is 4.79 Å². The fourth-order valence-corrected chi connectivity index (χ4v) is 2.60. The first kappa shape index (κ1) is 12.9. The summed E-state index contributed by atoms with van der Waals surface area (Å²) in [4.78, 5) is 15.6. The molecule has 0 saturated heterocycles. The summed E-state index contributed by atoms with van der Waals surface area (Å²) >= 11 is 6.26. The van der Waals surface area contributed by atoms with Crippen LogP contribution in [0.1, 0.15) is 21.5 Å². The Bertz CT molecular complexity index is 821. The first-order valence-corrected chi connectivity index (χ1v) is 6.68. The van der Waals surface area contributed by atoms with E-state index in [-0.39, 0.29) is 0 Å². The maximum atomic E-state index is 11.2. The molecule has 3 rings (SSSR count). The van der Waals surface area contributed by atoms with Crippen LogP contribution in [0.25, 0.3) is 16.7 Å². The third-order valence-electron chi connectivity index (χ3n) is 3.55. The maximum Gasteiger partial charge on any atom is 0.152 e. The maximum absolute atomic E-state index is 11.2. The lowest BCUT2D eigenvalue weighted by molar-refractivity contribution is 0.112. The molecule has 0 unspecified atom stereocenters. The van der Waals surface area contributed by atoms with Crippen LogP contribution in [0.15, 0.2) is 36.7 Å². The molecule has 0 N–H and O–H groups in total. The van der Waals surface area contributed by atoms with Gasteiger partial charge in [-0.25, -0.2) is 4.98 Å². The summed E-state index contributed by atoms with van der Waals surface area (Å²) in [7, 11) is 0. The van der Waals surface area contributed by atoms with Crippen molar-refractivity contribution in [3.8, 4) is 5.69 Å². The van der Waals surface area contributed by atoms with E-state index in [0.29, 0.717) is 16.3 Å². The van der Waals surface area contributed by atoms with Crippen molar-refractivity contribution in [2.75, 3.05) is 0 Å². The molecule has 0 fully saturated rings. The Morgan fingerprint density at radius 3 is 2.70 bits per heavy atom. The molecule has 0 radical (unpaired) electrons. The molecule has 1 aromatic heterocycles. The SMILES string of the molecule is Cc1cc2ncn(-c3c(Cl)cccc3C=O)c2cc1C. The number of halogens is 1. The molecular weight excluding hydrogens is 272 g/mol. The molecule has 20 heavy (non-hydrogen) atoms. The lowest BCUT2D eigenvalue weighted by atomic mass is 10.1. The van der Waals surface area contributed by atoms with Gasteiger partial charge in [0.25, 0.3) is 0 Å². The number of fused-ring (bicyclic) bond motifs is 1. The fourth-order valence-electron chi connectivity index (χ4n) is 2.32. The molecule has 1 heterocycles. The van der Waals surface area contributed by atoms with Crippen LogP contribution in [-0.2, 0) is 0 Å². The van der Waals surface area contributed by atoms with Gasteiger partial charge in [0.15, 0.2) is 6.29 Å². The second-order valence-corrected chi connectivity index (χ2v) is 5.24. The van der Waals surface area contributed by atoms with Crippen LogP contribution in [0, 0.1) is 13.8 Å². The quantitative estimate of drug-likeness (QED) is 0.664. The van der Waals surface area contributed by atoms with Crippen molar-refractivity contribution in [2.45, 2.75) is 13.8 Å². The minimum atomic E-state index is 0.534. The van der Waals surface area contributed by atoms with Gasteiger partial charge in [-0.1, -0.05) is 17.7 Å². The number of para-hydroxylation sites is 1. The van der Waals surface area contributed by atoms with Gasteiger partial charge in [0.1, 0.15) is 6.33 Å². The number of benzene rings is 2. The van der Waals surface area contributed by atoms with Crippen LogP contribution in [0.5, 0.6) is 0 Å². The number of aldehydes is 1. The molecule has 100 valence electrons. The van der Waals surface area contributed by atoms with Crippen molar-refractivity contribution >= 4 is 28.9 Å².